The van der Waals surface area contributed by atoms with Gasteiger partial charge in [-0.1, -0.05) is 0 Å². The van der Waals surface area contributed by atoms with Crippen LogP contribution in [0, 0.1) is 11.6 Å². The molecule has 1 aromatic rings. The molecule has 1 rings (SSSR count). The van der Waals surface area contributed by atoms with Crippen LogP contribution in [0.1, 0.15) is 10.4 Å². The Bertz CT molecular complexity index is 422. The van der Waals surface area contributed by atoms with Crippen molar-refractivity contribution in [3.8, 4) is 0 Å². The second kappa shape index (κ2) is 5.58. The zero-order valence-electron chi connectivity index (χ0n) is 9.67. The molecule has 0 bridgehead atoms. The normalized spacial score (nSPS) is 10.6. The third-order valence-electron chi connectivity index (χ3n) is 2.08. The Morgan fingerprint density at radius 2 is 2.00 bits per heavy atom. The molecule has 94 valence electrons. The third kappa shape index (κ3) is 3.67. The summed E-state index contributed by atoms with van der Waals surface area (Å²) in [6, 6.07) is 1.50. The first-order valence-corrected chi connectivity index (χ1v) is 4.98. The van der Waals surface area contributed by atoms with Crippen molar-refractivity contribution in [1.29, 1.82) is 0 Å². The van der Waals surface area contributed by atoms with Gasteiger partial charge in [0.1, 0.15) is 18.2 Å². The summed E-state index contributed by atoms with van der Waals surface area (Å²) in [5, 5.41) is 0. The van der Waals surface area contributed by atoms with Gasteiger partial charge in [0.25, 0.3) is 0 Å². The van der Waals surface area contributed by atoms with Crippen molar-refractivity contribution in [2.75, 3.05) is 33.0 Å². The van der Waals surface area contributed by atoms with Gasteiger partial charge in [-0.05, 0) is 20.2 Å². The lowest BCUT2D eigenvalue weighted by Crippen LogP contribution is -2.20. The fourth-order valence-electron chi connectivity index (χ4n) is 1.12. The van der Waals surface area contributed by atoms with Crippen LogP contribution in [0.5, 0.6) is 0 Å². The molecule has 2 N–H and O–H groups in total. The van der Waals surface area contributed by atoms with Crippen molar-refractivity contribution in [2.45, 2.75) is 0 Å². The summed E-state index contributed by atoms with van der Waals surface area (Å²) in [6.45, 7) is 0.645. The fraction of sp³-hybridized carbons (Fsp3) is 0.364. The fourth-order valence-corrected chi connectivity index (χ4v) is 1.12. The van der Waals surface area contributed by atoms with Gasteiger partial charge in [-0.15, -0.1) is 0 Å². The molecule has 1 aromatic carbocycles. The second-order valence-electron chi connectivity index (χ2n) is 3.79. The van der Waals surface area contributed by atoms with E-state index in [1.807, 2.05) is 19.0 Å². The first-order chi connectivity index (χ1) is 7.91. The molecule has 0 saturated carbocycles. The maximum absolute atomic E-state index is 13.3. The number of halogens is 2. The summed E-state index contributed by atoms with van der Waals surface area (Å²) in [5.41, 5.74) is 4.60. The van der Waals surface area contributed by atoms with Gasteiger partial charge >= 0.3 is 5.97 Å². The molecule has 0 radical (unpaired) electrons. The van der Waals surface area contributed by atoms with E-state index in [2.05, 4.69) is 0 Å². The number of nitrogens with two attached hydrogens (primary N) is 1. The van der Waals surface area contributed by atoms with Crippen LogP contribution in [-0.4, -0.2) is 38.1 Å². The second-order valence-corrected chi connectivity index (χ2v) is 3.79. The highest BCUT2D eigenvalue weighted by atomic mass is 19.1. The lowest BCUT2D eigenvalue weighted by atomic mass is 10.2. The molecule has 0 aromatic heterocycles. The number of ether oxygens (including phenoxy) is 1. The number of carbonyl (C=O) groups is 1. The van der Waals surface area contributed by atoms with Crippen molar-refractivity contribution in [3.63, 3.8) is 0 Å². The number of carbonyl (C=O) groups excluding carboxylic acids is 1. The maximum Gasteiger partial charge on any atom is 0.341 e. The molecule has 0 atom stereocenters. The number of nitrogens with zero attached hydrogens (tertiary/aromatic N) is 1. The lowest BCUT2D eigenvalue weighted by molar-refractivity contribution is 0.0476. The van der Waals surface area contributed by atoms with Crippen LogP contribution in [0.3, 0.4) is 0 Å². The van der Waals surface area contributed by atoms with Crippen LogP contribution in [0.25, 0.3) is 0 Å². The number of rotatable bonds is 4. The van der Waals surface area contributed by atoms with Gasteiger partial charge < -0.3 is 15.4 Å². The van der Waals surface area contributed by atoms with E-state index in [1.165, 1.54) is 0 Å². The first-order valence-electron chi connectivity index (χ1n) is 4.98. The van der Waals surface area contributed by atoms with Crippen LogP contribution in [0.15, 0.2) is 12.1 Å². The molecular weight excluding hydrogens is 230 g/mol. The number of nitrogen functional groups attached to an aromatic ring is 1. The van der Waals surface area contributed by atoms with Gasteiger partial charge in [-0.2, -0.15) is 0 Å². The molecule has 0 amide bonds. The average molecular weight is 244 g/mol. The number of likely N-dealkylation sites (N-methyl/N-ethyl adjacent to an activating group) is 1. The highest BCUT2D eigenvalue weighted by Gasteiger charge is 2.16. The Morgan fingerprint density at radius 3 is 2.59 bits per heavy atom. The average Bonchev–Trinajstić information content (AvgIpc) is 2.22. The van der Waals surface area contributed by atoms with Crippen molar-refractivity contribution in [3.05, 3.63) is 29.3 Å². The summed E-state index contributed by atoms with van der Waals surface area (Å²) in [4.78, 5) is 13.3. The van der Waals surface area contributed by atoms with Crippen LogP contribution in [-0.2, 0) is 4.74 Å². The zero-order valence-corrected chi connectivity index (χ0v) is 9.67. The van der Waals surface area contributed by atoms with Crippen LogP contribution in [0.2, 0.25) is 0 Å². The highest BCUT2D eigenvalue weighted by Crippen LogP contribution is 2.17. The Morgan fingerprint density at radius 1 is 1.35 bits per heavy atom. The molecule has 0 unspecified atom stereocenters. The monoisotopic (exact) mass is 244 g/mol. The molecule has 17 heavy (non-hydrogen) atoms. The van der Waals surface area contributed by atoms with Crippen molar-refractivity contribution >= 4 is 11.7 Å². The van der Waals surface area contributed by atoms with Crippen molar-refractivity contribution in [1.82, 2.24) is 4.90 Å². The number of benzene rings is 1. The molecule has 0 saturated heterocycles. The number of hydrogen-bond donors (Lipinski definition) is 1. The Balaban J connectivity index is 2.72. The summed E-state index contributed by atoms with van der Waals surface area (Å²) in [6.07, 6.45) is 0. The van der Waals surface area contributed by atoms with Gasteiger partial charge in [0.15, 0.2) is 0 Å². The van der Waals surface area contributed by atoms with Gasteiger partial charge in [-0.25, -0.2) is 13.6 Å². The van der Waals surface area contributed by atoms with E-state index >= 15 is 0 Å². The summed E-state index contributed by atoms with van der Waals surface area (Å²) >= 11 is 0. The van der Waals surface area contributed by atoms with Crippen molar-refractivity contribution < 1.29 is 18.3 Å². The molecule has 0 aliphatic carbocycles. The molecular formula is C11H14F2N2O2. The summed E-state index contributed by atoms with van der Waals surface area (Å²) in [5.74, 6) is -2.73. The van der Waals surface area contributed by atoms with E-state index in [-0.39, 0.29) is 17.9 Å². The number of hydrogen-bond acceptors (Lipinski definition) is 4. The van der Waals surface area contributed by atoms with E-state index < -0.39 is 17.6 Å². The van der Waals surface area contributed by atoms with Gasteiger partial charge in [-0.3, -0.25) is 0 Å². The van der Waals surface area contributed by atoms with Crippen LogP contribution < -0.4 is 5.73 Å². The minimum absolute atomic E-state index is 0.128. The smallest absolute Gasteiger partial charge is 0.341 e. The zero-order chi connectivity index (χ0) is 13.0. The topological polar surface area (TPSA) is 55.6 Å². The van der Waals surface area contributed by atoms with Crippen molar-refractivity contribution in [2.24, 2.45) is 0 Å². The van der Waals surface area contributed by atoms with E-state index in [0.29, 0.717) is 12.6 Å². The van der Waals surface area contributed by atoms with Crippen LogP contribution >= 0.6 is 0 Å². The summed E-state index contributed by atoms with van der Waals surface area (Å²) < 4.78 is 30.9. The van der Waals surface area contributed by atoms with Gasteiger partial charge in [0.2, 0.25) is 0 Å². The van der Waals surface area contributed by atoms with Gasteiger partial charge in [0.05, 0.1) is 11.3 Å². The predicted molar refractivity (Wildman–Crippen MR) is 59.6 cm³/mol. The van der Waals surface area contributed by atoms with E-state index in [9.17, 15) is 13.6 Å². The molecule has 0 fully saturated rings. The SMILES string of the molecule is CN(C)CCOC(=O)c1cc(N)c(F)cc1F. The van der Waals surface area contributed by atoms with E-state index in [4.69, 9.17) is 10.5 Å². The first kappa shape index (κ1) is 13.4. The van der Waals surface area contributed by atoms with E-state index in [0.717, 1.165) is 6.07 Å². The largest absolute Gasteiger partial charge is 0.461 e. The molecule has 0 aliphatic rings. The quantitative estimate of drug-likeness (QED) is 0.640. The lowest BCUT2D eigenvalue weighted by Gasteiger charge is -2.10. The number of esters is 1. The Hall–Kier alpha value is -1.69. The molecule has 0 spiro atoms. The molecule has 6 heteroatoms. The maximum atomic E-state index is 13.3. The number of anilines is 1. The Labute approximate surface area is 98.0 Å². The molecule has 0 heterocycles. The minimum atomic E-state index is -0.980. The minimum Gasteiger partial charge on any atom is -0.461 e. The standard InChI is InChI=1S/C11H14F2N2O2/c1-15(2)3-4-17-11(16)7-5-10(14)9(13)6-8(7)12/h5-6H,3-4,14H2,1-2H3. The highest BCUT2D eigenvalue weighted by molar-refractivity contribution is 5.90. The third-order valence-corrected chi connectivity index (χ3v) is 2.08. The van der Waals surface area contributed by atoms with E-state index in [1.54, 1.807) is 0 Å². The Kier molecular flexibility index (Phi) is 4.39. The van der Waals surface area contributed by atoms with Crippen LogP contribution in [0.4, 0.5) is 14.5 Å². The molecule has 4 nitrogen and oxygen atoms in total. The predicted octanol–water partition coefficient (Wildman–Crippen LogP) is 1.27. The van der Waals surface area contributed by atoms with Gasteiger partial charge in [0, 0.05) is 12.6 Å². The summed E-state index contributed by atoms with van der Waals surface area (Å²) in [7, 11) is 3.62. The molecule has 0 aliphatic heterocycles.